The van der Waals surface area contributed by atoms with Gasteiger partial charge in [-0.15, -0.1) is 0 Å². The molecule has 0 aliphatic carbocycles. The molecule has 0 atom stereocenters. The molecular formula is C64H34N8. The fourth-order valence-electron chi connectivity index (χ4n) is 10.3. The van der Waals surface area contributed by atoms with Gasteiger partial charge >= 0.3 is 0 Å². The summed E-state index contributed by atoms with van der Waals surface area (Å²) in [5.41, 5.74) is 15.8. The topological polar surface area (TPSA) is 103 Å². The molecule has 12 aromatic rings. The molecule has 330 valence electrons. The van der Waals surface area contributed by atoms with Crippen molar-refractivity contribution in [1.29, 1.82) is 15.8 Å². The molecule has 0 fully saturated rings. The van der Waals surface area contributed by atoms with Crippen LogP contribution in [0.2, 0.25) is 0 Å². The van der Waals surface area contributed by atoms with E-state index in [1.165, 1.54) is 0 Å². The summed E-state index contributed by atoms with van der Waals surface area (Å²) >= 11 is 0. The third-order valence-electron chi connectivity index (χ3n) is 13.6. The maximum atomic E-state index is 11.7. The summed E-state index contributed by atoms with van der Waals surface area (Å²) in [5, 5.41) is 35.7. The summed E-state index contributed by atoms with van der Waals surface area (Å²) in [5.74, 6) is 0. The number of nitrogens with zero attached hydrogens (tertiary/aromatic N) is 8. The minimum absolute atomic E-state index is 0.424. The van der Waals surface area contributed by atoms with Crippen LogP contribution in [0.25, 0.3) is 120 Å². The lowest BCUT2D eigenvalue weighted by molar-refractivity contribution is 1.12. The number of rotatable bonds is 7. The number of para-hydroxylation sites is 2. The standard InChI is InChI=1S/C64H34N8/c1-68-57-17-9-7-15-50(57)43-21-25-61-54(33-43)52-31-41(48-13-5-3-11-45(48)37-65)19-23-59(52)71(61)63-35-47(40-27-29-70-30-28-40)36-64(56(63)39-67)72-60-24-20-42(49-14-6-4-12-46(49)38-66)32-53(60)55-34-44(22-26-62(55)72)51-16-8-10-18-58(51)69-2/h3-36H. The van der Waals surface area contributed by atoms with Crippen molar-refractivity contribution in [2.75, 3.05) is 0 Å². The molecule has 8 nitrogen and oxygen atoms in total. The Kier molecular flexibility index (Phi) is 10.3. The van der Waals surface area contributed by atoms with Crippen molar-refractivity contribution in [2.24, 2.45) is 0 Å². The van der Waals surface area contributed by atoms with E-state index in [-0.39, 0.29) is 0 Å². The molecule has 0 aliphatic heterocycles. The number of hydrogen-bond acceptors (Lipinski definition) is 4. The van der Waals surface area contributed by atoms with Gasteiger partial charge in [0.05, 0.1) is 69.9 Å². The average molecular weight is 915 g/mol. The Labute approximate surface area is 414 Å². The fourth-order valence-corrected chi connectivity index (χ4v) is 10.3. The van der Waals surface area contributed by atoms with E-state index in [0.717, 1.165) is 99.2 Å². The number of hydrogen-bond donors (Lipinski definition) is 0. The van der Waals surface area contributed by atoms with Gasteiger partial charge < -0.3 is 9.13 Å². The molecule has 72 heavy (non-hydrogen) atoms. The Balaban J connectivity index is 1.19. The molecule has 0 saturated carbocycles. The first kappa shape index (κ1) is 42.5. The second kappa shape index (κ2) is 17.4. The number of fused-ring (bicyclic) bond motifs is 6. The minimum Gasteiger partial charge on any atom is -0.308 e. The van der Waals surface area contributed by atoms with E-state index < -0.39 is 0 Å². The summed E-state index contributed by atoms with van der Waals surface area (Å²) in [7, 11) is 0. The zero-order valence-corrected chi connectivity index (χ0v) is 38.2. The number of nitriles is 3. The Morgan fingerprint density at radius 1 is 0.361 bits per heavy atom. The van der Waals surface area contributed by atoms with Crippen LogP contribution in [0.15, 0.2) is 207 Å². The lowest BCUT2D eigenvalue weighted by Crippen LogP contribution is -2.05. The third kappa shape index (κ3) is 6.84. The van der Waals surface area contributed by atoms with E-state index in [1.807, 2.05) is 133 Å². The van der Waals surface area contributed by atoms with Gasteiger partial charge in [0, 0.05) is 33.9 Å². The van der Waals surface area contributed by atoms with E-state index in [9.17, 15) is 15.8 Å². The quantitative estimate of drug-likeness (QED) is 0.149. The van der Waals surface area contributed by atoms with Gasteiger partial charge in [0.15, 0.2) is 11.4 Å². The molecule has 0 radical (unpaired) electrons. The largest absolute Gasteiger partial charge is 0.308 e. The molecule has 3 heterocycles. The van der Waals surface area contributed by atoms with Crippen molar-refractivity contribution < 1.29 is 0 Å². The first-order valence-corrected chi connectivity index (χ1v) is 23.1. The van der Waals surface area contributed by atoms with E-state index >= 15 is 0 Å². The monoisotopic (exact) mass is 914 g/mol. The van der Waals surface area contributed by atoms with Crippen LogP contribution in [0.1, 0.15) is 16.7 Å². The van der Waals surface area contributed by atoms with Crippen molar-refractivity contribution in [3.63, 3.8) is 0 Å². The maximum absolute atomic E-state index is 11.7. The summed E-state index contributed by atoms with van der Waals surface area (Å²) in [6, 6.07) is 70.7. The Hall–Kier alpha value is -10.8. The van der Waals surface area contributed by atoms with E-state index in [1.54, 1.807) is 12.4 Å². The van der Waals surface area contributed by atoms with Crippen molar-refractivity contribution in [3.8, 4) is 85.2 Å². The molecule has 9 aromatic carbocycles. The van der Waals surface area contributed by atoms with Gasteiger partial charge in [-0.3, -0.25) is 4.98 Å². The predicted octanol–water partition coefficient (Wildman–Crippen LogP) is 16.3. The molecule has 0 unspecified atom stereocenters. The van der Waals surface area contributed by atoms with Crippen LogP contribution in [0.3, 0.4) is 0 Å². The van der Waals surface area contributed by atoms with E-state index in [2.05, 4.69) is 103 Å². The summed E-state index contributed by atoms with van der Waals surface area (Å²) < 4.78 is 4.32. The Morgan fingerprint density at radius 2 is 0.722 bits per heavy atom. The van der Waals surface area contributed by atoms with Crippen LogP contribution in [-0.2, 0) is 0 Å². The summed E-state index contributed by atoms with van der Waals surface area (Å²) in [6.07, 6.45) is 3.53. The van der Waals surface area contributed by atoms with Gasteiger partial charge in [0.2, 0.25) is 0 Å². The van der Waals surface area contributed by atoms with Gasteiger partial charge in [-0.2, -0.15) is 15.8 Å². The predicted molar refractivity (Wildman–Crippen MR) is 287 cm³/mol. The van der Waals surface area contributed by atoms with Gasteiger partial charge in [-0.05, 0) is 141 Å². The van der Waals surface area contributed by atoms with Gasteiger partial charge in [0.1, 0.15) is 11.6 Å². The number of pyridine rings is 1. The maximum Gasteiger partial charge on any atom is 0.194 e. The van der Waals surface area contributed by atoms with E-state index in [4.69, 9.17) is 13.1 Å². The van der Waals surface area contributed by atoms with Gasteiger partial charge in [0.25, 0.3) is 0 Å². The second-order valence-electron chi connectivity index (χ2n) is 17.4. The van der Waals surface area contributed by atoms with Crippen LogP contribution < -0.4 is 0 Å². The average Bonchev–Trinajstić information content (AvgIpc) is 3.96. The molecule has 0 bridgehead atoms. The smallest absolute Gasteiger partial charge is 0.194 e. The molecule has 0 spiro atoms. The molecule has 0 amide bonds. The zero-order valence-electron chi connectivity index (χ0n) is 38.2. The van der Waals surface area contributed by atoms with Crippen LogP contribution in [-0.4, -0.2) is 14.1 Å². The van der Waals surface area contributed by atoms with E-state index in [0.29, 0.717) is 39.4 Å². The highest BCUT2D eigenvalue weighted by Gasteiger charge is 2.25. The minimum atomic E-state index is 0.424. The molecule has 12 rings (SSSR count). The molecule has 8 heteroatoms. The summed E-state index contributed by atoms with van der Waals surface area (Å²) in [4.78, 5) is 12.1. The second-order valence-corrected chi connectivity index (χ2v) is 17.4. The van der Waals surface area contributed by atoms with Crippen molar-refractivity contribution in [1.82, 2.24) is 14.1 Å². The molecule has 0 N–H and O–H groups in total. The Morgan fingerprint density at radius 3 is 1.10 bits per heavy atom. The molecule has 0 aliphatic rings. The Bertz CT molecular complexity index is 3970. The fraction of sp³-hybridized carbons (Fsp3) is 0. The summed E-state index contributed by atoms with van der Waals surface area (Å²) in [6.45, 7) is 16.0. The highest BCUT2D eigenvalue weighted by atomic mass is 15.0. The molecule has 0 saturated heterocycles. The first-order valence-electron chi connectivity index (χ1n) is 23.1. The van der Waals surface area contributed by atoms with Crippen molar-refractivity contribution in [2.45, 2.75) is 0 Å². The van der Waals surface area contributed by atoms with Gasteiger partial charge in [-0.25, -0.2) is 9.69 Å². The SMILES string of the molecule is [C-]#[N+]c1ccccc1-c1ccc2c(c1)c1cc(-c3ccccc3C#N)ccc1n2-c1cc(-c2ccncc2)cc(-n2c3ccc(-c4ccccc4C#N)cc3c3cc(-c4ccccc4[N+]#[C-])ccc32)c1C#N. The van der Waals surface area contributed by atoms with Crippen LogP contribution >= 0.6 is 0 Å². The first-order chi connectivity index (χ1) is 35.5. The zero-order chi connectivity index (χ0) is 48.9. The number of benzene rings is 9. The van der Waals surface area contributed by atoms with Crippen LogP contribution in [0, 0.1) is 47.1 Å². The number of aromatic nitrogens is 3. The lowest BCUT2D eigenvalue weighted by Gasteiger charge is -2.18. The van der Waals surface area contributed by atoms with Crippen LogP contribution in [0.5, 0.6) is 0 Å². The molecular weight excluding hydrogens is 881 g/mol. The highest BCUT2D eigenvalue weighted by Crippen LogP contribution is 2.45. The van der Waals surface area contributed by atoms with Crippen LogP contribution in [0.4, 0.5) is 11.4 Å². The third-order valence-corrected chi connectivity index (χ3v) is 13.6. The van der Waals surface area contributed by atoms with Gasteiger partial charge in [-0.1, -0.05) is 109 Å². The van der Waals surface area contributed by atoms with Crippen molar-refractivity contribution in [3.05, 3.63) is 246 Å². The lowest BCUT2D eigenvalue weighted by atomic mass is 9.97. The normalized spacial score (nSPS) is 11.0. The van der Waals surface area contributed by atoms with Crippen molar-refractivity contribution >= 4 is 55.0 Å². The highest BCUT2D eigenvalue weighted by molar-refractivity contribution is 6.14. The molecule has 3 aromatic heterocycles.